The lowest BCUT2D eigenvalue weighted by atomic mass is 9.76. The topological polar surface area (TPSA) is 61.6 Å². The summed E-state index contributed by atoms with van der Waals surface area (Å²) in [5.74, 6) is 0.566. The summed E-state index contributed by atoms with van der Waals surface area (Å²) < 4.78 is 0. The Morgan fingerprint density at radius 2 is 2.18 bits per heavy atom. The van der Waals surface area contributed by atoms with Gasteiger partial charge < -0.3 is 5.32 Å². The highest BCUT2D eigenvalue weighted by Gasteiger charge is 2.26. The van der Waals surface area contributed by atoms with Crippen LogP contribution in [0.25, 0.3) is 0 Å². The maximum absolute atomic E-state index is 8.76. The summed E-state index contributed by atoms with van der Waals surface area (Å²) in [6, 6.07) is 3.64. The second kappa shape index (κ2) is 5.13. The van der Waals surface area contributed by atoms with Gasteiger partial charge in [-0.25, -0.2) is 9.97 Å². The van der Waals surface area contributed by atoms with Gasteiger partial charge >= 0.3 is 0 Å². The van der Waals surface area contributed by atoms with E-state index in [9.17, 15) is 0 Å². The Morgan fingerprint density at radius 1 is 1.41 bits per heavy atom. The van der Waals surface area contributed by atoms with Gasteiger partial charge in [0.2, 0.25) is 5.95 Å². The van der Waals surface area contributed by atoms with Crippen LogP contribution in [0.15, 0.2) is 12.3 Å². The molecule has 90 valence electrons. The summed E-state index contributed by atoms with van der Waals surface area (Å²) in [4.78, 5) is 8.25. The summed E-state index contributed by atoms with van der Waals surface area (Å²) in [6.45, 7) is 3.20. The van der Waals surface area contributed by atoms with Crippen LogP contribution in [0, 0.1) is 16.7 Å². The summed E-state index contributed by atoms with van der Waals surface area (Å²) in [5.41, 5.74) is 0.765. The molecule has 1 saturated carbocycles. The van der Waals surface area contributed by atoms with E-state index >= 15 is 0 Å². The van der Waals surface area contributed by atoms with E-state index in [-0.39, 0.29) is 0 Å². The maximum Gasteiger partial charge on any atom is 0.223 e. The van der Waals surface area contributed by atoms with Crippen LogP contribution < -0.4 is 5.32 Å². The third kappa shape index (κ3) is 3.16. The average Bonchev–Trinajstić information content (AvgIpc) is 2.38. The lowest BCUT2D eigenvalue weighted by molar-refractivity contribution is 0.233. The van der Waals surface area contributed by atoms with Crippen LogP contribution in [0.5, 0.6) is 0 Å². The number of hydrogen-bond donors (Lipinski definition) is 1. The number of anilines is 1. The van der Waals surface area contributed by atoms with Crippen LogP contribution in [0.4, 0.5) is 5.95 Å². The van der Waals surface area contributed by atoms with Gasteiger partial charge in [0.05, 0.1) is 0 Å². The van der Waals surface area contributed by atoms with Crippen molar-refractivity contribution in [3.05, 3.63) is 18.0 Å². The van der Waals surface area contributed by atoms with Gasteiger partial charge in [-0.1, -0.05) is 26.2 Å². The number of aromatic nitrogens is 2. The van der Waals surface area contributed by atoms with E-state index in [0.717, 1.165) is 6.54 Å². The van der Waals surface area contributed by atoms with Crippen LogP contribution in [0.1, 0.15) is 44.7 Å². The largest absolute Gasteiger partial charge is 0.354 e. The molecule has 17 heavy (non-hydrogen) atoms. The van der Waals surface area contributed by atoms with Crippen molar-refractivity contribution in [3.8, 4) is 6.07 Å². The van der Waals surface area contributed by atoms with E-state index in [1.54, 1.807) is 12.3 Å². The summed E-state index contributed by atoms with van der Waals surface area (Å²) in [6.07, 6.45) is 8.14. The van der Waals surface area contributed by atoms with E-state index in [2.05, 4.69) is 22.2 Å². The summed E-state index contributed by atoms with van der Waals surface area (Å²) in [5, 5.41) is 12.0. The molecule has 0 aliphatic heterocycles. The molecule has 0 aromatic carbocycles. The highest BCUT2D eigenvalue weighted by atomic mass is 15.1. The minimum Gasteiger partial charge on any atom is -0.354 e. The Hall–Kier alpha value is -1.63. The molecule has 1 aliphatic rings. The van der Waals surface area contributed by atoms with Gasteiger partial charge in [-0.05, 0) is 24.3 Å². The Labute approximate surface area is 102 Å². The molecule has 0 spiro atoms. The first-order chi connectivity index (χ1) is 8.22. The minimum absolute atomic E-state index is 0.351. The van der Waals surface area contributed by atoms with E-state index < -0.39 is 0 Å². The van der Waals surface area contributed by atoms with E-state index in [0.29, 0.717) is 17.1 Å². The van der Waals surface area contributed by atoms with Crippen molar-refractivity contribution < 1.29 is 0 Å². The van der Waals surface area contributed by atoms with Crippen molar-refractivity contribution in [1.29, 1.82) is 5.26 Å². The maximum atomic E-state index is 8.76. The van der Waals surface area contributed by atoms with Crippen molar-refractivity contribution in [3.63, 3.8) is 0 Å². The van der Waals surface area contributed by atoms with Gasteiger partial charge in [-0.15, -0.1) is 0 Å². The highest BCUT2D eigenvalue weighted by Crippen LogP contribution is 2.35. The zero-order valence-electron chi connectivity index (χ0n) is 10.2. The van der Waals surface area contributed by atoms with Gasteiger partial charge in [0.15, 0.2) is 0 Å². The SMILES string of the molecule is CC1(CNc2nccc(C#N)n2)CCCCC1. The number of nitrogens with one attached hydrogen (secondary N) is 1. The van der Waals surface area contributed by atoms with Crippen LogP contribution in [0.2, 0.25) is 0 Å². The van der Waals surface area contributed by atoms with Crippen LogP contribution in [0.3, 0.4) is 0 Å². The number of nitrogens with zero attached hydrogens (tertiary/aromatic N) is 3. The van der Waals surface area contributed by atoms with Gasteiger partial charge in [0, 0.05) is 12.7 Å². The predicted octanol–water partition coefficient (Wildman–Crippen LogP) is 2.73. The lowest BCUT2D eigenvalue weighted by Crippen LogP contribution is -2.29. The zero-order valence-corrected chi connectivity index (χ0v) is 10.2. The van der Waals surface area contributed by atoms with E-state index in [1.807, 2.05) is 6.07 Å². The molecule has 1 aromatic rings. The molecule has 0 saturated heterocycles. The molecule has 1 fully saturated rings. The van der Waals surface area contributed by atoms with Crippen molar-refractivity contribution in [2.75, 3.05) is 11.9 Å². The second-order valence-corrected chi connectivity index (χ2v) is 5.10. The van der Waals surface area contributed by atoms with E-state index in [1.165, 1.54) is 32.1 Å². The molecule has 4 nitrogen and oxygen atoms in total. The molecule has 0 atom stereocenters. The average molecular weight is 230 g/mol. The van der Waals surface area contributed by atoms with Crippen molar-refractivity contribution >= 4 is 5.95 Å². The molecule has 0 bridgehead atoms. The van der Waals surface area contributed by atoms with Crippen molar-refractivity contribution in [2.24, 2.45) is 5.41 Å². The third-order valence-electron chi connectivity index (χ3n) is 3.50. The molecule has 0 radical (unpaired) electrons. The van der Waals surface area contributed by atoms with Crippen LogP contribution >= 0.6 is 0 Å². The van der Waals surface area contributed by atoms with Gasteiger partial charge in [0.25, 0.3) is 0 Å². The summed E-state index contributed by atoms with van der Waals surface area (Å²) in [7, 11) is 0. The minimum atomic E-state index is 0.351. The fourth-order valence-electron chi connectivity index (χ4n) is 2.38. The highest BCUT2D eigenvalue weighted by molar-refractivity contribution is 5.30. The fourth-order valence-corrected chi connectivity index (χ4v) is 2.38. The number of nitriles is 1. The normalized spacial score (nSPS) is 18.4. The van der Waals surface area contributed by atoms with Crippen LogP contribution in [-0.2, 0) is 0 Å². The molecule has 1 aliphatic carbocycles. The second-order valence-electron chi connectivity index (χ2n) is 5.10. The first-order valence-corrected chi connectivity index (χ1v) is 6.19. The van der Waals surface area contributed by atoms with E-state index in [4.69, 9.17) is 5.26 Å². The lowest BCUT2D eigenvalue weighted by Gasteiger charge is -2.33. The molecule has 1 heterocycles. The van der Waals surface area contributed by atoms with Crippen molar-refractivity contribution in [2.45, 2.75) is 39.0 Å². The molecule has 1 N–H and O–H groups in total. The standard InChI is InChI=1S/C13H18N4/c1-13(6-3-2-4-7-13)10-16-12-15-8-5-11(9-14)17-12/h5,8H,2-4,6-7,10H2,1H3,(H,15,16,17). The third-order valence-corrected chi connectivity index (χ3v) is 3.50. The number of hydrogen-bond acceptors (Lipinski definition) is 4. The molecule has 4 heteroatoms. The number of rotatable bonds is 3. The quantitative estimate of drug-likeness (QED) is 0.867. The monoisotopic (exact) mass is 230 g/mol. The first-order valence-electron chi connectivity index (χ1n) is 6.19. The smallest absolute Gasteiger partial charge is 0.223 e. The fraction of sp³-hybridized carbons (Fsp3) is 0.615. The van der Waals surface area contributed by atoms with Crippen molar-refractivity contribution in [1.82, 2.24) is 9.97 Å². The zero-order chi connectivity index (χ0) is 12.1. The Bertz CT molecular complexity index is 416. The predicted molar refractivity (Wildman–Crippen MR) is 66.4 cm³/mol. The molecule has 0 amide bonds. The summed E-state index contributed by atoms with van der Waals surface area (Å²) >= 11 is 0. The van der Waals surface area contributed by atoms with Crippen LogP contribution in [-0.4, -0.2) is 16.5 Å². The van der Waals surface area contributed by atoms with Gasteiger partial charge in [-0.2, -0.15) is 5.26 Å². The molecule has 2 rings (SSSR count). The Kier molecular flexibility index (Phi) is 3.58. The first kappa shape index (κ1) is 11.8. The molecule has 0 unspecified atom stereocenters. The Morgan fingerprint density at radius 3 is 2.88 bits per heavy atom. The molecular formula is C13H18N4. The Balaban J connectivity index is 1.95. The van der Waals surface area contributed by atoms with Gasteiger partial charge in [0.1, 0.15) is 11.8 Å². The molecular weight excluding hydrogens is 212 g/mol. The molecule has 1 aromatic heterocycles. The van der Waals surface area contributed by atoms with Gasteiger partial charge in [-0.3, -0.25) is 0 Å².